The maximum Gasteiger partial charge on any atom is 0.123 e. The second kappa shape index (κ2) is 5.87. The van der Waals surface area contributed by atoms with Crippen molar-refractivity contribution in [1.82, 2.24) is 4.98 Å². The molecule has 1 heterocycles. The van der Waals surface area contributed by atoms with Crippen LogP contribution in [0, 0.1) is 0 Å². The Morgan fingerprint density at radius 1 is 0.947 bits per heavy atom. The van der Waals surface area contributed by atoms with Crippen LogP contribution in [0.15, 0.2) is 30.5 Å². The van der Waals surface area contributed by atoms with Gasteiger partial charge in [-0.05, 0) is 59.2 Å². The summed E-state index contributed by atoms with van der Waals surface area (Å²) in [5, 5.41) is 0. The van der Waals surface area contributed by atoms with E-state index in [1.807, 2.05) is 6.07 Å². The Kier molecular flexibility index (Phi) is 4.20. The number of nitrogens with zero attached hydrogens (tertiary/aromatic N) is 1. The summed E-state index contributed by atoms with van der Waals surface area (Å²) in [6.07, 6.45) is 4.95. The fourth-order valence-corrected chi connectivity index (χ4v) is 2.58. The molecular formula is C17H22N2. The highest BCUT2D eigenvalue weighted by Crippen LogP contribution is 2.31. The van der Waals surface area contributed by atoms with Crippen molar-refractivity contribution in [2.45, 2.75) is 40.0 Å². The van der Waals surface area contributed by atoms with Crippen LogP contribution in [0.2, 0.25) is 0 Å². The molecule has 1 aromatic heterocycles. The molecule has 0 saturated carbocycles. The first-order valence-corrected chi connectivity index (χ1v) is 7.06. The zero-order valence-electron chi connectivity index (χ0n) is 12.0. The topological polar surface area (TPSA) is 38.9 Å². The number of aryl methyl sites for hydroxylation is 3. The Morgan fingerprint density at radius 3 is 2.05 bits per heavy atom. The van der Waals surface area contributed by atoms with Gasteiger partial charge in [-0.25, -0.2) is 4.98 Å². The molecule has 2 aromatic rings. The van der Waals surface area contributed by atoms with Crippen LogP contribution in [0.1, 0.15) is 37.5 Å². The van der Waals surface area contributed by atoms with Gasteiger partial charge >= 0.3 is 0 Å². The van der Waals surface area contributed by atoms with Gasteiger partial charge in [-0.1, -0.05) is 32.9 Å². The summed E-state index contributed by atoms with van der Waals surface area (Å²) in [4.78, 5) is 4.09. The minimum atomic E-state index is 0.584. The summed E-state index contributed by atoms with van der Waals surface area (Å²) in [5.41, 5.74) is 12.6. The first-order chi connectivity index (χ1) is 9.19. The van der Waals surface area contributed by atoms with Crippen molar-refractivity contribution in [3.8, 4) is 11.1 Å². The van der Waals surface area contributed by atoms with E-state index in [1.165, 1.54) is 27.8 Å². The molecule has 0 unspecified atom stereocenters. The van der Waals surface area contributed by atoms with Gasteiger partial charge in [-0.15, -0.1) is 0 Å². The Bertz CT molecular complexity index is 548. The van der Waals surface area contributed by atoms with Gasteiger partial charge in [0, 0.05) is 6.20 Å². The van der Waals surface area contributed by atoms with E-state index in [0.717, 1.165) is 19.3 Å². The van der Waals surface area contributed by atoms with E-state index in [1.54, 1.807) is 6.20 Å². The first kappa shape index (κ1) is 13.6. The van der Waals surface area contributed by atoms with Crippen molar-refractivity contribution >= 4 is 5.82 Å². The monoisotopic (exact) mass is 254 g/mol. The second-order valence-electron chi connectivity index (χ2n) is 4.82. The van der Waals surface area contributed by atoms with Gasteiger partial charge in [0.05, 0.1) is 0 Å². The Hall–Kier alpha value is -1.83. The largest absolute Gasteiger partial charge is 0.384 e. The van der Waals surface area contributed by atoms with Crippen LogP contribution in [-0.4, -0.2) is 4.98 Å². The van der Waals surface area contributed by atoms with E-state index < -0.39 is 0 Å². The lowest BCUT2D eigenvalue weighted by Gasteiger charge is -2.16. The van der Waals surface area contributed by atoms with Crippen molar-refractivity contribution < 1.29 is 0 Å². The molecule has 1 aromatic carbocycles. The van der Waals surface area contributed by atoms with E-state index in [9.17, 15) is 0 Å². The molecule has 0 atom stereocenters. The summed E-state index contributed by atoms with van der Waals surface area (Å²) in [5.74, 6) is 0.584. The number of nitrogen functional groups attached to an aromatic ring is 1. The van der Waals surface area contributed by atoms with Crippen LogP contribution in [0.4, 0.5) is 5.82 Å². The van der Waals surface area contributed by atoms with Crippen molar-refractivity contribution in [3.05, 3.63) is 47.2 Å². The SMILES string of the molecule is CCc1cc(CC)c(-c2ccnc(N)c2)c(CC)c1. The average molecular weight is 254 g/mol. The number of hydrogen-bond acceptors (Lipinski definition) is 2. The summed E-state index contributed by atoms with van der Waals surface area (Å²) in [7, 11) is 0. The van der Waals surface area contributed by atoms with Crippen LogP contribution < -0.4 is 5.73 Å². The van der Waals surface area contributed by atoms with E-state index >= 15 is 0 Å². The second-order valence-corrected chi connectivity index (χ2v) is 4.82. The highest BCUT2D eigenvalue weighted by Gasteiger charge is 2.11. The number of rotatable bonds is 4. The number of aromatic nitrogens is 1. The van der Waals surface area contributed by atoms with Gasteiger partial charge in [-0.2, -0.15) is 0 Å². The standard InChI is InChI=1S/C17H22N2/c1-4-12-9-13(5-2)17(14(6-3)10-12)15-7-8-19-16(18)11-15/h7-11H,4-6H2,1-3H3,(H2,18,19). The molecule has 0 saturated heterocycles. The lowest BCUT2D eigenvalue weighted by atomic mass is 9.89. The highest BCUT2D eigenvalue weighted by atomic mass is 14.8. The minimum absolute atomic E-state index is 0.584. The van der Waals surface area contributed by atoms with E-state index in [-0.39, 0.29) is 0 Å². The fourth-order valence-electron chi connectivity index (χ4n) is 2.58. The molecular weight excluding hydrogens is 232 g/mol. The molecule has 100 valence electrons. The quantitative estimate of drug-likeness (QED) is 0.895. The number of nitrogens with two attached hydrogens (primary N) is 1. The summed E-state index contributed by atoms with van der Waals surface area (Å²) >= 11 is 0. The molecule has 2 rings (SSSR count). The maximum atomic E-state index is 5.82. The summed E-state index contributed by atoms with van der Waals surface area (Å²) in [6.45, 7) is 6.63. The van der Waals surface area contributed by atoms with Gasteiger partial charge in [0.1, 0.15) is 5.82 Å². The van der Waals surface area contributed by atoms with Crippen LogP contribution in [-0.2, 0) is 19.3 Å². The maximum absolute atomic E-state index is 5.82. The Balaban J connectivity index is 2.66. The summed E-state index contributed by atoms with van der Waals surface area (Å²) in [6, 6.07) is 8.67. The van der Waals surface area contributed by atoms with Crippen molar-refractivity contribution in [2.24, 2.45) is 0 Å². The van der Waals surface area contributed by atoms with Crippen LogP contribution in [0.3, 0.4) is 0 Å². The zero-order valence-corrected chi connectivity index (χ0v) is 12.0. The van der Waals surface area contributed by atoms with Crippen molar-refractivity contribution in [1.29, 1.82) is 0 Å². The van der Waals surface area contributed by atoms with Crippen LogP contribution in [0.25, 0.3) is 11.1 Å². The van der Waals surface area contributed by atoms with Crippen molar-refractivity contribution in [3.63, 3.8) is 0 Å². The third kappa shape index (κ3) is 2.78. The lowest BCUT2D eigenvalue weighted by Crippen LogP contribution is -1.99. The van der Waals surface area contributed by atoms with E-state index in [2.05, 4.69) is 44.0 Å². The molecule has 0 amide bonds. The Morgan fingerprint density at radius 2 is 1.58 bits per heavy atom. The van der Waals surface area contributed by atoms with Gasteiger partial charge in [0.2, 0.25) is 0 Å². The molecule has 19 heavy (non-hydrogen) atoms. The third-order valence-electron chi connectivity index (χ3n) is 3.60. The molecule has 0 fully saturated rings. The molecule has 0 aliphatic heterocycles. The normalized spacial score (nSPS) is 10.7. The predicted octanol–water partition coefficient (Wildman–Crippen LogP) is 4.02. The molecule has 0 spiro atoms. The zero-order chi connectivity index (χ0) is 13.8. The van der Waals surface area contributed by atoms with Gasteiger partial charge in [0.25, 0.3) is 0 Å². The van der Waals surface area contributed by atoms with Crippen LogP contribution >= 0.6 is 0 Å². The molecule has 2 N–H and O–H groups in total. The first-order valence-electron chi connectivity index (χ1n) is 7.06. The van der Waals surface area contributed by atoms with Crippen molar-refractivity contribution in [2.75, 3.05) is 5.73 Å². The molecule has 0 radical (unpaired) electrons. The van der Waals surface area contributed by atoms with Gasteiger partial charge < -0.3 is 5.73 Å². The predicted molar refractivity (Wildman–Crippen MR) is 82.2 cm³/mol. The Labute approximate surface area is 115 Å². The third-order valence-corrected chi connectivity index (χ3v) is 3.60. The van der Waals surface area contributed by atoms with E-state index in [0.29, 0.717) is 5.82 Å². The van der Waals surface area contributed by atoms with E-state index in [4.69, 9.17) is 5.73 Å². The van der Waals surface area contributed by atoms with Gasteiger partial charge in [0.15, 0.2) is 0 Å². The fraction of sp³-hybridized carbons (Fsp3) is 0.353. The molecule has 0 bridgehead atoms. The smallest absolute Gasteiger partial charge is 0.123 e. The average Bonchev–Trinajstić information content (AvgIpc) is 2.45. The minimum Gasteiger partial charge on any atom is -0.384 e. The molecule has 2 heteroatoms. The number of hydrogen-bond donors (Lipinski definition) is 1. The highest BCUT2D eigenvalue weighted by molar-refractivity contribution is 5.73. The molecule has 0 aliphatic rings. The number of benzene rings is 1. The number of pyridine rings is 1. The summed E-state index contributed by atoms with van der Waals surface area (Å²) < 4.78 is 0. The number of anilines is 1. The van der Waals surface area contributed by atoms with Gasteiger partial charge in [-0.3, -0.25) is 0 Å². The lowest BCUT2D eigenvalue weighted by molar-refractivity contribution is 1.05. The molecule has 0 aliphatic carbocycles. The molecule has 2 nitrogen and oxygen atoms in total. The van der Waals surface area contributed by atoms with Crippen LogP contribution in [0.5, 0.6) is 0 Å².